The topological polar surface area (TPSA) is 32.5 Å². The van der Waals surface area contributed by atoms with E-state index in [2.05, 4.69) is 41.1 Å². The van der Waals surface area contributed by atoms with Gasteiger partial charge < -0.3 is 10.6 Å². The van der Waals surface area contributed by atoms with Crippen molar-refractivity contribution in [2.24, 2.45) is 11.7 Å². The largest absolute Gasteiger partial charge is 0.330 e. The Morgan fingerprint density at radius 1 is 1.09 bits per heavy atom. The molecule has 4 aliphatic heterocycles. The van der Waals surface area contributed by atoms with E-state index in [4.69, 9.17) is 5.73 Å². The minimum atomic E-state index is 0.481. The van der Waals surface area contributed by atoms with Crippen LogP contribution in [-0.4, -0.2) is 49.6 Å². The molecule has 5 rings (SSSR count). The van der Waals surface area contributed by atoms with Gasteiger partial charge in [-0.15, -0.1) is 0 Å². The summed E-state index contributed by atoms with van der Waals surface area (Å²) in [5.41, 5.74) is 9.42. The Bertz CT molecular complexity index is 502. The zero-order chi connectivity index (χ0) is 15.2. The molecule has 3 heteroatoms. The first-order valence-corrected chi connectivity index (χ1v) is 8.93. The van der Waals surface area contributed by atoms with Crippen LogP contribution in [0.2, 0.25) is 0 Å². The smallest absolute Gasteiger partial charge is 0.0348 e. The predicted molar refractivity (Wildman–Crippen MR) is 90.9 cm³/mol. The van der Waals surface area contributed by atoms with Crippen LogP contribution in [0, 0.1) is 5.92 Å². The van der Waals surface area contributed by atoms with Gasteiger partial charge in [0, 0.05) is 12.6 Å². The average Bonchev–Trinajstić information content (AvgIpc) is 2.98. The Labute approximate surface area is 134 Å². The van der Waals surface area contributed by atoms with E-state index >= 15 is 0 Å². The quantitative estimate of drug-likeness (QED) is 0.930. The molecular formula is C19H29N3. The highest BCUT2D eigenvalue weighted by Crippen LogP contribution is 2.43. The van der Waals surface area contributed by atoms with Crippen LogP contribution in [0.3, 0.4) is 0 Å². The molecule has 0 radical (unpaired) electrons. The van der Waals surface area contributed by atoms with Gasteiger partial charge in [-0.2, -0.15) is 0 Å². The maximum atomic E-state index is 5.87. The number of benzene rings is 1. The fourth-order valence-electron chi connectivity index (χ4n) is 4.98. The highest BCUT2D eigenvalue weighted by Gasteiger charge is 2.40. The van der Waals surface area contributed by atoms with E-state index in [0.717, 1.165) is 13.1 Å². The van der Waals surface area contributed by atoms with Crippen LogP contribution >= 0.6 is 0 Å². The molecule has 22 heavy (non-hydrogen) atoms. The van der Waals surface area contributed by atoms with Crippen LogP contribution in [0.25, 0.3) is 0 Å². The maximum Gasteiger partial charge on any atom is 0.0348 e. The fraction of sp³-hybridized carbons (Fsp3) is 0.684. The number of piperidine rings is 3. The molecule has 0 saturated carbocycles. The summed E-state index contributed by atoms with van der Waals surface area (Å²) in [5.74, 6) is 0.663. The first-order valence-electron chi connectivity index (χ1n) is 8.93. The average molecular weight is 299 g/mol. The third kappa shape index (κ3) is 2.40. The van der Waals surface area contributed by atoms with E-state index in [1.54, 1.807) is 5.56 Å². The van der Waals surface area contributed by atoms with E-state index in [-0.39, 0.29) is 0 Å². The van der Waals surface area contributed by atoms with Gasteiger partial charge in [-0.1, -0.05) is 24.3 Å². The fourth-order valence-corrected chi connectivity index (χ4v) is 4.98. The third-order valence-corrected chi connectivity index (χ3v) is 6.60. The molecule has 2 atom stereocenters. The van der Waals surface area contributed by atoms with Gasteiger partial charge >= 0.3 is 0 Å². The summed E-state index contributed by atoms with van der Waals surface area (Å²) in [6, 6.07) is 10.2. The molecule has 1 aromatic carbocycles. The van der Waals surface area contributed by atoms with Gasteiger partial charge in [0.05, 0.1) is 0 Å². The summed E-state index contributed by atoms with van der Waals surface area (Å²) in [5, 5.41) is 0. The summed E-state index contributed by atoms with van der Waals surface area (Å²) in [4.78, 5) is 5.10. The number of fused-ring (bicyclic) bond motifs is 3. The SMILES string of the molecule is CN1CC(CN)CC1c1ccc(C23CCN(CC2)CC3)cc1. The number of hydrogen-bond donors (Lipinski definition) is 1. The number of likely N-dealkylation sites (tertiary alicyclic amines) is 1. The van der Waals surface area contributed by atoms with E-state index in [1.165, 1.54) is 50.9 Å². The van der Waals surface area contributed by atoms with Crippen molar-refractivity contribution in [1.82, 2.24) is 9.80 Å². The molecule has 4 heterocycles. The summed E-state index contributed by atoms with van der Waals surface area (Å²) < 4.78 is 0. The van der Waals surface area contributed by atoms with E-state index in [0.29, 0.717) is 17.4 Å². The normalized spacial score (nSPS) is 38.5. The second-order valence-electron chi connectivity index (χ2n) is 7.79. The molecule has 0 amide bonds. The molecule has 2 N–H and O–H groups in total. The lowest BCUT2D eigenvalue weighted by molar-refractivity contribution is 0.0817. The van der Waals surface area contributed by atoms with Gasteiger partial charge in [0.2, 0.25) is 0 Å². The summed E-state index contributed by atoms with van der Waals surface area (Å²) >= 11 is 0. The van der Waals surface area contributed by atoms with Crippen LogP contribution in [0.5, 0.6) is 0 Å². The Balaban J connectivity index is 1.53. The molecule has 3 nitrogen and oxygen atoms in total. The zero-order valence-corrected chi connectivity index (χ0v) is 13.8. The second-order valence-corrected chi connectivity index (χ2v) is 7.79. The number of hydrogen-bond acceptors (Lipinski definition) is 3. The van der Waals surface area contributed by atoms with Crippen molar-refractivity contribution in [3.8, 4) is 0 Å². The minimum absolute atomic E-state index is 0.481. The summed E-state index contributed by atoms with van der Waals surface area (Å²) in [7, 11) is 2.24. The monoisotopic (exact) mass is 299 g/mol. The predicted octanol–water partition coefficient (Wildman–Crippen LogP) is 2.38. The summed E-state index contributed by atoms with van der Waals surface area (Å²) in [6.07, 6.45) is 5.27. The van der Waals surface area contributed by atoms with Gasteiger partial charge in [0.15, 0.2) is 0 Å². The second kappa shape index (κ2) is 5.63. The van der Waals surface area contributed by atoms with Crippen molar-refractivity contribution in [1.29, 1.82) is 0 Å². The highest BCUT2D eigenvalue weighted by molar-refractivity contribution is 5.32. The minimum Gasteiger partial charge on any atom is -0.330 e. The maximum absolute atomic E-state index is 5.87. The van der Waals surface area contributed by atoms with Crippen molar-refractivity contribution in [3.63, 3.8) is 0 Å². The van der Waals surface area contributed by atoms with E-state index in [9.17, 15) is 0 Å². The van der Waals surface area contributed by atoms with Gasteiger partial charge in [0.1, 0.15) is 0 Å². The lowest BCUT2D eigenvalue weighted by Gasteiger charge is -2.49. The number of nitrogens with two attached hydrogens (primary N) is 1. The van der Waals surface area contributed by atoms with E-state index in [1.807, 2.05) is 0 Å². The van der Waals surface area contributed by atoms with Crippen LogP contribution in [-0.2, 0) is 5.41 Å². The summed E-state index contributed by atoms with van der Waals surface area (Å²) in [6.45, 7) is 5.85. The van der Waals surface area contributed by atoms with Gasteiger partial charge in [0.25, 0.3) is 0 Å². The van der Waals surface area contributed by atoms with Crippen LogP contribution in [0.1, 0.15) is 42.9 Å². The molecule has 1 aromatic rings. The molecule has 4 fully saturated rings. The van der Waals surface area contributed by atoms with E-state index < -0.39 is 0 Å². The van der Waals surface area contributed by atoms with Crippen molar-refractivity contribution in [2.75, 3.05) is 39.8 Å². The van der Waals surface area contributed by atoms with Gasteiger partial charge in [-0.25, -0.2) is 0 Å². The van der Waals surface area contributed by atoms with Crippen molar-refractivity contribution >= 4 is 0 Å². The molecule has 120 valence electrons. The first-order chi connectivity index (χ1) is 10.7. The van der Waals surface area contributed by atoms with Crippen molar-refractivity contribution in [2.45, 2.75) is 37.1 Å². The standard InChI is InChI=1S/C19H29N3/c1-21-14-15(13-20)12-18(21)16-2-4-17(5-3-16)19-6-9-22(10-7-19)11-8-19/h2-5,15,18H,6-14,20H2,1H3. The molecule has 0 spiro atoms. The van der Waals surface area contributed by atoms with Gasteiger partial charge in [-0.3, -0.25) is 4.90 Å². The van der Waals surface area contributed by atoms with Crippen molar-refractivity contribution < 1.29 is 0 Å². The Morgan fingerprint density at radius 2 is 1.73 bits per heavy atom. The zero-order valence-electron chi connectivity index (χ0n) is 13.8. The number of rotatable bonds is 3. The highest BCUT2D eigenvalue weighted by atomic mass is 15.2. The van der Waals surface area contributed by atoms with Crippen LogP contribution in [0.4, 0.5) is 0 Å². The van der Waals surface area contributed by atoms with Crippen LogP contribution in [0.15, 0.2) is 24.3 Å². The first kappa shape index (κ1) is 14.7. The molecule has 2 bridgehead atoms. The third-order valence-electron chi connectivity index (χ3n) is 6.60. The molecule has 0 aliphatic carbocycles. The lowest BCUT2D eigenvalue weighted by Crippen LogP contribution is -2.50. The molecule has 2 unspecified atom stereocenters. The molecule has 0 aromatic heterocycles. The molecule has 4 aliphatic rings. The van der Waals surface area contributed by atoms with Gasteiger partial charge in [-0.05, 0) is 81.4 Å². The van der Waals surface area contributed by atoms with Crippen molar-refractivity contribution in [3.05, 3.63) is 35.4 Å². The lowest BCUT2D eigenvalue weighted by atomic mass is 9.67. The Hall–Kier alpha value is -0.900. The Morgan fingerprint density at radius 3 is 2.27 bits per heavy atom. The number of nitrogens with zero attached hydrogens (tertiary/aromatic N) is 2. The molecular weight excluding hydrogens is 270 g/mol. The van der Waals surface area contributed by atoms with Crippen LogP contribution < -0.4 is 5.73 Å². The molecule has 4 saturated heterocycles. The Kier molecular flexibility index (Phi) is 3.75.